The van der Waals surface area contributed by atoms with Crippen LogP contribution in [0.15, 0.2) is 36.8 Å². The molecular formula is C16H19N3O4. The first-order valence-corrected chi connectivity index (χ1v) is 7.28. The van der Waals surface area contributed by atoms with Crippen LogP contribution in [0.5, 0.6) is 5.75 Å². The molecule has 7 heteroatoms. The Bertz CT molecular complexity index is 664. The van der Waals surface area contributed by atoms with Gasteiger partial charge < -0.3 is 19.4 Å². The number of hydrogen-bond acceptors (Lipinski definition) is 5. The van der Waals surface area contributed by atoms with Crippen molar-refractivity contribution in [2.75, 3.05) is 13.2 Å². The monoisotopic (exact) mass is 317 g/mol. The number of benzene rings is 1. The van der Waals surface area contributed by atoms with Crippen molar-refractivity contribution in [3.63, 3.8) is 0 Å². The number of hydrogen-bond donors (Lipinski definition) is 1. The smallest absolute Gasteiger partial charge is 0.434 e. The van der Waals surface area contributed by atoms with E-state index >= 15 is 0 Å². The molecule has 0 atom stereocenters. The third kappa shape index (κ3) is 5.14. The van der Waals surface area contributed by atoms with Crippen LogP contribution >= 0.6 is 0 Å². The Morgan fingerprint density at radius 1 is 1.26 bits per heavy atom. The molecule has 0 fully saturated rings. The van der Waals surface area contributed by atoms with E-state index in [0.717, 1.165) is 5.69 Å². The summed E-state index contributed by atoms with van der Waals surface area (Å²) in [6.07, 6.45) is 3.53. The Morgan fingerprint density at radius 2 is 2.00 bits per heavy atom. The Morgan fingerprint density at radius 3 is 2.61 bits per heavy atom. The van der Waals surface area contributed by atoms with Crippen molar-refractivity contribution >= 4 is 12.1 Å². The van der Waals surface area contributed by atoms with Crippen molar-refractivity contribution in [3.8, 4) is 5.75 Å². The molecule has 0 aliphatic rings. The first-order chi connectivity index (χ1) is 11.1. The zero-order valence-corrected chi connectivity index (χ0v) is 13.1. The van der Waals surface area contributed by atoms with Gasteiger partial charge in [-0.1, -0.05) is 0 Å². The van der Waals surface area contributed by atoms with Gasteiger partial charge in [-0.15, -0.1) is 0 Å². The topological polar surface area (TPSA) is 82.5 Å². The lowest BCUT2D eigenvalue weighted by Crippen LogP contribution is -2.25. The predicted molar refractivity (Wildman–Crippen MR) is 83.3 cm³/mol. The lowest BCUT2D eigenvalue weighted by molar-refractivity contribution is 0.0954. The number of amides is 1. The van der Waals surface area contributed by atoms with Gasteiger partial charge in [0.25, 0.3) is 5.91 Å². The van der Waals surface area contributed by atoms with Gasteiger partial charge in [0.2, 0.25) is 0 Å². The molecule has 1 heterocycles. The van der Waals surface area contributed by atoms with E-state index in [4.69, 9.17) is 4.74 Å². The highest BCUT2D eigenvalue weighted by molar-refractivity contribution is 5.94. The molecule has 1 N–H and O–H groups in total. The summed E-state index contributed by atoms with van der Waals surface area (Å²) in [4.78, 5) is 27.4. The van der Waals surface area contributed by atoms with Crippen molar-refractivity contribution in [2.24, 2.45) is 7.05 Å². The van der Waals surface area contributed by atoms with Crippen LogP contribution in [0.25, 0.3) is 0 Å². The molecule has 2 aromatic rings. The number of carbonyl (C=O) groups is 2. The first-order valence-electron chi connectivity index (χ1n) is 7.28. The van der Waals surface area contributed by atoms with Gasteiger partial charge >= 0.3 is 6.16 Å². The fourth-order valence-electron chi connectivity index (χ4n) is 1.92. The van der Waals surface area contributed by atoms with E-state index in [2.05, 4.69) is 15.0 Å². The van der Waals surface area contributed by atoms with Crippen LogP contribution in [-0.2, 0) is 18.2 Å². The molecule has 0 radical (unpaired) electrons. The summed E-state index contributed by atoms with van der Waals surface area (Å²) in [5.74, 6) is 0.136. The number of ether oxygens (including phenoxy) is 2. The van der Waals surface area contributed by atoms with Crippen LogP contribution in [0.2, 0.25) is 0 Å². The van der Waals surface area contributed by atoms with Gasteiger partial charge in [0.1, 0.15) is 5.75 Å². The molecule has 0 spiro atoms. The highest BCUT2D eigenvalue weighted by atomic mass is 16.7. The van der Waals surface area contributed by atoms with Crippen molar-refractivity contribution in [1.29, 1.82) is 0 Å². The van der Waals surface area contributed by atoms with Gasteiger partial charge in [0.15, 0.2) is 0 Å². The summed E-state index contributed by atoms with van der Waals surface area (Å²) >= 11 is 0. The second-order valence-electron chi connectivity index (χ2n) is 4.85. The summed E-state index contributed by atoms with van der Waals surface area (Å²) in [5, 5.41) is 2.82. The summed E-state index contributed by atoms with van der Waals surface area (Å²) < 4.78 is 11.5. The van der Waals surface area contributed by atoms with Gasteiger partial charge in [0.05, 0.1) is 18.6 Å². The highest BCUT2D eigenvalue weighted by Crippen LogP contribution is 2.13. The molecule has 0 bridgehead atoms. The number of carbonyl (C=O) groups excluding carboxylic acids is 2. The van der Waals surface area contributed by atoms with Gasteiger partial charge in [-0.3, -0.25) is 4.79 Å². The number of aryl methyl sites for hydroxylation is 1. The molecule has 0 unspecified atom stereocenters. The number of aromatic nitrogens is 2. The molecule has 1 aromatic carbocycles. The third-order valence-electron chi connectivity index (χ3n) is 3.00. The number of rotatable bonds is 6. The minimum atomic E-state index is -0.764. The van der Waals surface area contributed by atoms with E-state index in [1.54, 1.807) is 37.5 Å². The first kappa shape index (κ1) is 16.5. The molecule has 0 saturated carbocycles. The molecule has 1 aromatic heterocycles. The number of imidazole rings is 1. The molecule has 7 nitrogen and oxygen atoms in total. The summed E-state index contributed by atoms with van der Waals surface area (Å²) in [7, 11) is 1.90. The van der Waals surface area contributed by atoms with Crippen LogP contribution in [0.4, 0.5) is 4.79 Å². The van der Waals surface area contributed by atoms with Crippen molar-refractivity contribution in [1.82, 2.24) is 14.9 Å². The molecular weight excluding hydrogens is 298 g/mol. The van der Waals surface area contributed by atoms with Gasteiger partial charge in [0, 0.05) is 31.8 Å². The maximum absolute atomic E-state index is 12.0. The van der Waals surface area contributed by atoms with Crippen LogP contribution in [0.3, 0.4) is 0 Å². The van der Waals surface area contributed by atoms with E-state index in [-0.39, 0.29) is 12.5 Å². The Labute approximate surface area is 134 Å². The van der Waals surface area contributed by atoms with E-state index in [9.17, 15) is 9.59 Å². The predicted octanol–water partition coefficient (Wildman–Crippen LogP) is 1.93. The van der Waals surface area contributed by atoms with Crippen molar-refractivity contribution < 1.29 is 19.1 Å². The summed E-state index contributed by atoms with van der Waals surface area (Å²) in [6.45, 7) is 2.44. The molecule has 2 rings (SSSR count). The van der Waals surface area contributed by atoms with E-state index in [1.165, 1.54) is 0 Å². The molecule has 0 aliphatic carbocycles. The lowest BCUT2D eigenvalue weighted by atomic mass is 10.2. The standard InChI is InChI=1S/C16H19N3O4/c1-3-22-16(21)23-14-6-4-12(5-7-14)15(20)17-9-8-13-10-19(2)11-18-13/h4-7,10-11H,3,8-9H2,1-2H3,(H,17,20). The Balaban J connectivity index is 1.81. The second-order valence-corrected chi connectivity index (χ2v) is 4.85. The zero-order chi connectivity index (χ0) is 16.7. The molecule has 0 saturated heterocycles. The minimum absolute atomic E-state index is 0.191. The number of nitrogens with one attached hydrogen (secondary N) is 1. The largest absolute Gasteiger partial charge is 0.513 e. The van der Waals surface area contributed by atoms with Crippen LogP contribution in [-0.4, -0.2) is 34.8 Å². The minimum Gasteiger partial charge on any atom is -0.434 e. The SMILES string of the molecule is CCOC(=O)Oc1ccc(C(=O)NCCc2cn(C)cn2)cc1. The maximum Gasteiger partial charge on any atom is 0.513 e. The Kier molecular flexibility index (Phi) is 5.74. The van der Waals surface area contributed by atoms with Gasteiger partial charge in [-0.2, -0.15) is 0 Å². The summed E-state index contributed by atoms with van der Waals surface area (Å²) in [5.41, 5.74) is 1.41. The van der Waals surface area contributed by atoms with Gasteiger partial charge in [-0.25, -0.2) is 9.78 Å². The van der Waals surface area contributed by atoms with E-state index < -0.39 is 6.16 Å². The quantitative estimate of drug-likeness (QED) is 0.650. The lowest BCUT2D eigenvalue weighted by Gasteiger charge is -2.06. The molecule has 0 aliphatic heterocycles. The van der Waals surface area contributed by atoms with Gasteiger partial charge in [-0.05, 0) is 31.2 Å². The zero-order valence-electron chi connectivity index (χ0n) is 13.1. The average molecular weight is 317 g/mol. The van der Waals surface area contributed by atoms with Crippen LogP contribution < -0.4 is 10.1 Å². The average Bonchev–Trinajstić information content (AvgIpc) is 2.93. The number of nitrogens with zero attached hydrogens (tertiary/aromatic N) is 2. The fraction of sp³-hybridized carbons (Fsp3) is 0.312. The maximum atomic E-state index is 12.0. The highest BCUT2D eigenvalue weighted by Gasteiger charge is 2.08. The normalized spacial score (nSPS) is 10.2. The van der Waals surface area contributed by atoms with Crippen LogP contribution in [0.1, 0.15) is 23.0 Å². The third-order valence-corrected chi connectivity index (χ3v) is 3.00. The molecule has 23 heavy (non-hydrogen) atoms. The Hall–Kier alpha value is -2.83. The van der Waals surface area contributed by atoms with E-state index in [1.807, 2.05) is 17.8 Å². The van der Waals surface area contributed by atoms with Crippen molar-refractivity contribution in [3.05, 3.63) is 48.0 Å². The molecule has 122 valence electrons. The van der Waals surface area contributed by atoms with Crippen molar-refractivity contribution in [2.45, 2.75) is 13.3 Å². The fourth-order valence-corrected chi connectivity index (χ4v) is 1.92. The summed E-state index contributed by atoms with van der Waals surface area (Å²) in [6, 6.07) is 6.27. The van der Waals surface area contributed by atoms with Crippen LogP contribution in [0, 0.1) is 0 Å². The second kappa shape index (κ2) is 7.98. The molecule has 1 amide bonds. The van der Waals surface area contributed by atoms with E-state index in [0.29, 0.717) is 24.3 Å².